The van der Waals surface area contributed by atoms with E-state index in [0.717, 1.165) is 11.4 Å². The maximum Gasteiger partial charge on any atom is 0.0891 e. The Balaban J connectivity index is 2.13. The molecule has 0 amide bonds. The van der Waals surface area contributed by atoms with E-state index >= 15 is 0 Å². The first-order valence-electron chi connectivity index (χ1n) is 5.24. The average Bonchev–Trinajstić information content (AvgIpc) is 2.83. The van der Waals surface area contributed by atoms with E-state index in [0.29, 0.717) is 0 Å². The van der Waals surface area contributed by atoms with Crippen LogP contribution in [0.15, 0.2) is 11.6 Å². The van der Waals surface area contributed by atoms with E-state index < -0.39 is 0 Å². The number of nitrogens with one attached hydrogen (secondary N) is 1. The normalized spacial score (nSPS) is 15.2. The molecular formula is C11H13N3S. The SMILES string of the molecule is Nc1cn[nH]c1-c1csc2c1CCCC2. The minimum atomic E-state index is 0.751. The molecule has 4 heteroatoms. The Labute approximate surface area is 92.3 Å². The van der Waals surface area contributed by atoms with Gasteiger partial charge in [0.05, 0.1) is 17.6 Å². The highest BCUT2D eigenvalue weighted by Crippen LogP contribution is 2.37. The van der Waals surface area contributed by atoms with Crippen molar-refractivity contribution in [1.29, 1.82) is 0 Å². The van der Waals surface area contributed by atoms with Crippen LogP contribution in [0.5, 0.6) is 0 Å². The molecule has 3 nitrogen and oxygen atoms in total. The Hall–Kier alpha value is -1.29. The highest BCUT2D eigenvalue weighted by molar-refractivity contribution is 7.10. The quantitative estimate of drug-likeness (QED) is 0.774. The lowest BCUT2D eigenvalue weighted by molar-refractivity contribution is 0.698. The molecule has 0 aromatic carbocycles. The molecule has 0 saturated heterocycles. The molecule has 3 N–H and O–H groups in total. The van der Waals surface area contributed by atoms with E-state index in [1.165, 1.54) is 41.7 Å². The molecule has 0 unspecified atom stereocenters. The third kappa shape index (κ3) is 1.36. The van der Waals surface area contributed by atoms with Gasteiger partial charge >= 0.3 is 0 Å². The molecule has 15 heavy (non-hydrogen) atoms. The fourth-order valence-electron chi connectivity index (χ4n) is 2.21. The Morgan fingerprint density at radius 3 is 3.00 bits per heavy atom. The van der Waals surface area contributed by atoms with Gasteiger partial charge in [0.1, 0.15) is 0 Å². The number of thiophene rings is 1. The summed E-state index contributed by atoms with van der Waals surface area (Å²) in [6.07, 6.45) is 6.72. The summed E-state index contributed by atoms with van der Waals surface area (Å²) in [6, 6.07) is 0. The second-order valence-electron chi connectivity index (χ2n) is 3.96. The third-order valence-electron chi connectivity index (χ3n) is 3.00. The Morgan fingerprint density at radius 2 is 2.20 bits per heavy atom. The molecule has 2 aromatic heterocycles. The van der Waals surface area contributed by atoms with Crippen molar-refractivity contribution in [2.45, 2.75) is 25.7 Å². The molecule has 0 fully saturated rings. The largest absolute Gasteiger partial charge is 0.396 e. The standard InChI is InChI=1S/C11H13N3S/c12-9-5-13-14-11(9)8-6-15-10-4-2-1-3-7(8)10/h5-6H,1-4,12H2,(H,13,14). The van der Waals surface area contributed by atoms with Gasteiger partial charge in [-0.3, -0.25) is 5.10 Å². The number of H-pyrrole nitrogens is 1. The second kappa shape index (κ2) is 3.38. The molecule has 0 bridgehead atoms. The first kappa shape index (κ1) is 8.97. The molecule has 1 aliphatic carbocycles. The van der Waals surface area contributed by atoms with E-state index in [1.54, 1.807) is 6.20 Å². The summed E-state index contributed by atoms with van der Waals surface area (Å²) in [6.45, 7) is 0. The molecule has 3 rings (SSSR count). The van der Waals surface area contributed by atoms with Crippen LogP contribution in [0.2, 0.25) is 0 Å². The molecule has 0 spiro atoms. The molecule has 0 saturated carbocycles. The van der Waals surface area contributed by atoms with Gasteiger partial charge in [-0.25, -0.2) is 0 Å². The lowest BCUT2D eigenvalue weighted by Crippen LogP contribution is -2.00. The number of fused-ring (bicyclic) bond motifs is 1. The van der Waals surface area contributed by atoms with Crippen molar-refractivity contribution in [3.63, 3.8) is 0 Å². The van der Waals surface area contributed by atoms with Gasteiger partial charge in [-0.15, -0.1) is 11.3 Å². The smallest absolute Gasteiger partial charge is 0.0891 e. The molecule has 78 valence electrons. The molecular weight excluding hydrogens is 206 g/mol. The number of hydrogen-bond donors (Lipinski definition) is 2. The van der Waals surface area contributed by atoms with Gasteiger partial charge in [0.15, 0.2) is 0 Å². The van der Waals surface area contributed by atoms with E-state index in [4.69, 9.17) is 5.73 Å². The van der Waals surface area contributed by atoms with Crippen LogP contribution < -0.4 is 5.73 Å². The number of nitrogens with zero attached hydrogens (tertiary/aromatic N) is 1. The first-order chi connectivity index (χ1) is 7.36. The maximum atomic E-state index is 5.88. The van der Waals surface area contributed by atoms with Crippen LogP contribution in [-0.4, -0.2) is 10.2 Å². The van der Waals surface area contributed by atoms with Gasteiger partial charge in [-0.05, 0) is 31.2 Å². The van der Waals surface area contributed by atoms with E-state index in [2.05, 4.69) is 15.6 Å². The molecule has 2 heterocycles. The Bertz CT molecular complexity index is 484. The zero-order valence-corrected chi connectivity index (χ0v) is 9.23. The minimum absolute atomic E-state index is 0.751. The summed E-state index contributed by atoms with van der Waals surface area (Å²) in [5.74, 6) is 0. The molecule has 1 aliphatic rings. The van der Waals surface area contributed by atoms with Gasteiger partial charge in [-0.1, -0.05) is 0 Å². The topological polar surface area (TPSA) is 54.7 Å². The lowest BCUT2D eigenvalue weighted by atomic mass is 9.94. The van der Waals surface area contributed by atoms with Gasteiger partial charge in [-0.2, -0.15) is 5.10 Å². The van der Waals surface area contributed by atoms with Gasteiger partial charge in [0.25, 0.3) is 0 Å². The predicted molar refractivity (Wildman–Crippen MR) is 63.0 cm³/mol. The van der Waals surface area contributed by atoms with Crippen LogP contribution in [0.1, 0.15) is 23.3 Å². The summed E-state index contributed by atoms with van der Waals surface area (Å²) in [5.41, 5.74) is 10.4. The number of nitrogens with two attached hydrogens (primary N) is 1. The first-order valence-corrected chi connectivity index (χ1v) is 6.12. The van der Waals surface area contributed by atoms with Crippen molar-refractivity contribution >= 4 is 17.0 Å². The summed E-state index contributed by atoms with van der Waals surface area (Å²) >= 11 is 1.86. The zero-order valence-electron chi connectivity index (χ0n) is 8.42. The van der Waals surface area contributed by atoms with E-state index in [9.17, 15) is 0 Å². The molecule has 0 radical (unpaired) electrons. The highest BCUT2D eigenvalue weighted by Gasteiger charge is 2.18. The summed E-state index contributed by atoms with van der Waals surface area (Å²) in [5, 5.41) is 9.18. The Morgan fingerprint density at radius 1 is 1.33 bits per heavy atom. The van der Waals surface area contributed by atoms with Crippen LogP contribution in [-0.2, 0) is 12.8 Å². The summed E-state index contributed by atoms with van der Waals surface area (Å²) in [4.78, 5) is 1.53. The Kier molecular flexibility index (Phi) is 2.02. The fraction of sp³-hybridized carbons (Fsp3) is 0.364. The monoisotopic (exact) mass is 219 g/mol. The van der Waals surface area contributed by atoms with Crippen molar-refractivity contribution < 1.29 is 0 Å². The van der Waals surface area contributed by atoms with Crippen molar-refractivity contribution in [2.75, 3.05) is 5.73 Å². The molecule has 2 aromatic rings. The second-order valence-corrected chi connectivity index (χ2v) is 4.92. The molecule has 0 atom stereocenters. The third-order valence-corrected chi connectivity index (χ3v) is 4.09. The van der Waals surface area contributed by atoms with Crippen molar-refractivity contribution in [2.24, 2.45) is 0 Å². The number of rotatable bonds is 1. The van der Waals surface area contributed by atoms with Gasteiger partial charge in [0.2, 0.25) is 0 Å². The number of anilines is 1. The van der Waals surface area contributed by atoms with Crippen molar-refractivity contribution in [1.82, 2.24) is 10.2 Å². The maximum absolute atomic E-state index is 5.88. The van der Waals surface area contributed by atoms with E-state index in [-0.39, 0.29) is 0 Å². The molecule has 0 aliphatic heterocycles. The van der Waals surface area contributed by atoms with Crippen LogP contribution >= 0.6 is 11.3 Å². The predicted octanol–water partition coefficient (Wildman–Crippen LogP) is 2.60. The lowest BCUT2D eigenvalue weighted by Gasteiger charge is -2.12. The summed E-state index contributed by atoms with van der Waals surface area (Å²) < 4.78 is 0. The van der Waals surface area contributed by atoms with Gasteiger partial charge in [0, 0.05) is 15.8 Å². The van der Waals surface area contributed by atoms with Crippen LogP contribution in [0.4, 0.5) is 5.69 Å². The van der Waals surface area contributed by atoms with Crippen LogP contribution in [0.3, 0.4) is 0 Å². The highest BCUT2D eigenvalue weighted by atomic mass is 32.1. The zero-order chi connectivity index (χ0) is 10.3. The fourth-order valence-corrected chi connectivity index (χ4v) is 3.35. The van der Waals surface area contributed by atoms with Crippen LogP contribution in [0, 0.1) is 0 Å². The van der Waals surface area contributed by atoms with Crippen LogP contribution in [0.25, 0.3) is 11.3 Å². The van der Waals surface area contributed by atoms with Crippen molar-refractivity contribution in [3.8, 4) is 11.3 Å². The minimum Gasteiger partial charge on any atom is -0.396 e. The van der Waals surface area contributed by atoms with Crippen molar-refractivity contribution in [3.05, 3.63) is 22.0 Å². The number of aromatic nitrogens is 2. The number of nitrogen functional groups attached to an aromatic ring is 1. The van der Waals surface area contributed by atoms with E-state index in [1.807, 2.05) is 11.3 Å². The number of hydrogen-bond acceptors (Lipinski definition) is 3. The number of aromatic amines is 1. The average molecular weight is 219 g/mol. The number of aryl methyl sites for hydroxylation is 1. The van der Waals surface area contributed by atoms with Gasteiger partial charge < -0.3 is 5.73 Å². The summed E-state index contributed by atoms with van der Waals surface area (Å²) in [7, 11) is 0.